The highest BCUT2D eigenvalue weighted by molar-refractivity contribution is 6.02. The fourth-order valence-corrected chi connectivity index (χ4v) is 1.50. The number of hydrogen-bond acceptors (Lipinski definition) is 7. The third-order valence-corrected chi connectivity index (χ3v) is 2.57. The number of aryl methyl sites for hydroxylation is 1. The molecular weight excluding hydrogens is 278 g/mol. The van der Waals surface area contributed by atoms with Gasteiger partial charge in [-0.15, -0.1) is 0 Å². The number of hydrogen-bond donors (Lipinski definition) is 0. The van der Waals surface area contributed by atoms with Gasteiger partial charge in [0.05, 0.1) is 17.2 Å². The first-order valence-corrected chi connectivity index (χ1v) is 6.19. The van der Waals surface area contributed by atoms with Crippen molar-refractivity contribution in [1.82, 2.24) is 0 Å². The summed E-state index contributed by atoms with van der Waals surface area (Å²) >= 11 is 0. The molecule has 0 radical (unpaired) electrons. The molecule has 0 heterocycles. The first kappa shape index (κ1) is 16.4. The molecule has 0 aliphatic heterocycles. The summed E-state index contributed by atoms with van der Waals surface area (Å²) < 4.78 is 4.71. The summed E-state index contributed by atoms with van der Waals surface area (Å²) in [5.41, 5.74) is 0.553. The fraction of sp³-hybridized carbons (Fsp3) is 0.385. The molecule has 8 nitrogen and oxygen atoms in total. The Morgan fingerprint density at radius 2 is 2.10 bits per heavy atom. The molecular formula is C13H15N3O5. The Labute approximate surface area is 121 Å². The van der Waals surface area contributed by atoms with Crippen molar-refractivity contribution < 1.29 is 19.2 Å². The molecule has 0 saturated carbocycles. The molecule has 0 saturated heterocycles. The second kappa shape index (κ2) is 7.22. The van der Waals surface area contributed by atoms with Gasteiger partial charge >= 0.3 is 5.97 Å². The fourth-order valence-electron chi connectivity index (χ4n) is 1.50. The van der Waals surface area contributed by atoms with Crippen LogP contribution in [0, 0.1) is 17.0 Å². The summed E-state index contributed by atoms with van der Waals surface area (Å²) in [7, 11) is 0. The molecule has 112 valence electrons. The van der Waals surface area contributed by atoms with E-state index in [0.717, 1.165) is 0 Å². The number of benzene rings is 1. The molecule has 0 N–H and O–H groups in total. The first-order valence-electron chi connectivity index (χ1n) is 6.19. The third kappa shape index (κ3) is 4.44. The Balaban J connectivity index is 3.02. The summed E-state index contributed by atoms with van der Waals surface area (Å²) in [6, 6.07) is 2.89. The van der Waals surface area contributed by atoms with Crippen molar-refractivity contribution in [2.24, 2.45) is 10.2 Å². The highest BCUT2D eigenvalue weighted by Gasteiger charge is 2.24. The Kier molecular flexibility index (Phi) is 5.65. The monoisotopic (exact) mass is 293 g/mol. The zero-order chi connectivity index (χ0) is 16.0. The Hall–Kier alpha value is -2.64. The van der Waals surface area contributed by atoms with Crippen LogP contribution in [0.15, 0.2) is 28.4 Å². The van der Waals surface area contributed by atoms with Gasteiger partial charge < -0.3 is 4.74 Å². The van der Waals surface area contributed by atoms with E-state index in [2.05, 4.69) is 10.2 Å². The molecule has 1 rings (SSSR count). The van der Waals surface area contributed by atoms with Crippen LogP contribution in [0.5, 0.6) is 0 Å². The molecule has 0 aliphatic rings. The molecule has 0 fully saturated rings. The van der Waals surface area contributed by atoms with Gasteiger partial charge in [-0.25, -0.2) is 4.79 Å². The number of esters is 1. The molecule has 1 unspecified atom stereocenters. The van der Waals surface area contributed by atoms with Crippen molar-refractivity contribution >= 4 is 23.1 Å². The molecule has 0 amide bonds. The Bertz CT molecular complexity index is 597. The second-order valence-electron chi connectivity index (χ2n) is 4.21. The Morgan fingerprint density at radius 1 is 1.43 bits per heavy atom. The number of nitrogens with zero attached hydrogens (tertiary/aromatic N) is 3. The lowest BCUT2D eigenvalue weighted by Gasteiger charge is -2.06. The molecule has 8 heteroatoms. The molecule has 0 spiro atoms. The first-order chi connectivity index (χ1) is 9.86. The molecule has 0 bridgehead atoms. The summed E-state index contributed by atoms with van der Waals surface area (Å²) in [6.07, 6.45) is 0. The molecule has 0 aliphatic carbocycles. The van der Waals surface area contributed by atoms with E-state index in [1.54, 1.807) is 13.8 Å². The summed E-state index contributed by atoms with van der Waals surface area (Å²) in [4.78, 5) is 33.2. The van der Waals surface area contributed by atoms with Gasteiger partial charge in [0.15, 0.2) is 5.78 Å². The molecule has 1 atom stereocenters. The molecule has 0 aromatic heterocycles. The van der Waals surface area contributed by atoms with Gasteiger partial charge in [0.2, 0.25) is 6.04 Å². The standard InChI is InChI=1S/C13H15N3O5/c1-4-21-13(18)12(9(3)17)15-14-10-6-5-8(2)11(7-10)16(19)20/h5-7,12H,4H2,1-3H3. The maximum atomic E-state index is 11.5. The van der Waals surface area contributed by atoms with E-state index in [1.165, 1.54) is 25.1 Å². The maximum Gasteiger partial charge on any atom is 0.340 e. The van der Waals surface area contributed by atoms with Gasteiger partial charge in [-0.1, -0.05) is 6.07 Å². The number of Topliss-reactive ketones (excluding diaryl/α,β-unsaturated/α-hetero) is 1. The highest BCUT2D eigenvalue weighted by atomic mass is 16.6. The minimum absolute atomic E-state index is 0.109. The lowest BCUT2D eigenvalue weighted by atomic mass is 10.2. The van der Waals surface area contributed by atoms with Crippen molar-refractivity contribution in [2.45, 2.75) is 26.8 Å². The van der Waals surface area contributed by atoms with E-state index in [0.29, 0.717) is 5.56 Å². The van der Waals surface area contributed by atoms with Gasteiger partial charge in [0.1, 0.15) is 0 Å². The van der Waals surface area contributed by atoms with Crippen LogP contribution in [0.3, 0.4) is 0 Å². The van der Waals surface area contributed by atoms with Gasteiger partial charge in [-0.2, -0.15) is 10.2 Å². The average Bonchev–Trinajstić information content (AvgIpc) is 2.40. The van der Waals surface area contributed by atoms with Crippen molar-refractivity contribution in [1.29, 1.82) is 0 Å². The van der Waals surface area contributed by atoms with Crippen LogP contribution in [0.1, 0.15) is 19.4 Å². The zero-order valence-electron chi connectivity index (χ0n) is 11.9. The SMILES string of the molecule is CCOC(=O)C(N=Nc1ccc(C)c([N+](=O)[O-])c1)C(C)=O. The summed E-state index contributed by atoms with van der Waals surface area (Å²) in [5, 5.41) is 18.2. The normalized spacial score (nSPS) is 12.1. The predicted octanol–water partition coefficient (Wildman–Crippen LogP) is 2.51. The smallest absolute Gasteiger partial charge is 0.340 e. The number of nitro groups is 1. The van der Waals surface area contributed by atoms with E-state index < -0.39 is 22.7 Å². The number of azo groups is 1. The second-order valence-corrected chi connectivity index (χ2v) is 4.21. The van der Waals surface area contributed by atoms with E-state index in [1.807, 2.05) is 0 Å². The van der Waals surface area contributed by atoms with Crippen LogP contribution in [-0.2, 0) is 14.3 Å². The number of rotatable bonds is 6. The quantitative estimate of drug-likeness (QED) is 0.263. The predicted molar refractivity (Wildman–Crippen MR) is 73.5 cm³/mol. The summed E-state index contributed by atoms with van der Waals surface area (Å²) in [6.45, 7) is 4.51. The van der Waals surface area contributed by atoms with Crippen LogP contribution in [0.2, 0.25) is 0 Å². The van der Waals surface area contributed by atoms with Crippen LogP contribution in [0.4, 0.5) is 11.4 Å². The third-order valence-electron chi connectivity index (χ3n) is 2.57. The van der Waals surface area contributed by atoms with Crippen LogP contribution in [0.25, 0.3) is 0 Å². The van der Waals surface area contributed by atoms with Gasteiger partial charge in [-0.05, 0) is 26.8 Å². The topological polar surface area (TPSA) is 111 Å². The van der Waals surface area contributed by atoms with Crippen molar-refractivity contribution in [3.63, 3.8) is 0 Å². The van der Waals surface area contributed by atoms with Gasteiger partial charge in [-0.3, -0.25) is 14.9 Å². The maximum absolute atomic E-state index is 11.5. The number of carbonyl (C=O) groups is 2. The lowest BCUT2D eigenvalue weighted by molar-refractivity contribution is -0.385. The minimum atomic E-state index is -1.36. The van der Waals surface area contributed by atoms with Crippen LogP contribution < -0.4 is 0 Å². The zero-order valence-corrected chi connectivity index (χ0v) is 11.9. The lowest BCUT2D eigenvalue weighted by Crippen LogP contribution is -2.28. The van der Waals surface area contributed by atoms with E-state index >= 15 is 0 Å². The van der Waals surface area contributed by atoms with E-state index in [9.17, 15) is 19.7 Å². The van der Waals surface area contributed by atoms with Crippen molar-refractivity contribution in [3.05, 3.63) is 33.9 Å². The van der Waals surface area contributed by atoms with Crippen LogP contribution >= 0.6 is 0 Å². The number of nitro benzene ring substituents is 1. The summed E-state index contributed by atoms with van der Waals surface area (Å²) in [5.74, 6) is -1.31. The number of ether oxygens (including phenoxy) is 1. The van der Waals surface area contributed by atoms with E-state index in [-0.39, 0.29) is 18.0 Å². The number of ketones is 1. The minimum Gasteiger partial charge on any atom is -0.464 e. The average molecular weight is 293 g/mol. The molecule has 1 aromatic rings. The molecule has 1 aromatic carbocycles. The van der Waals surface area contributed by atoms with Gasteiger partial charge in [0.25, 0.3) is 5.69 Å². The van der Waals surface area contributed by atoms with Crippen molar-refractivity contribution in [2.75, 3.05) is 6.61 Å². The van der Waals surface area contributed by atoms with Crippen LogP contribution in [-0.4, -0.2) is 29.3 Å². The van der Waals surface area contributed by atoms with E-state index in [4.69, 9.17) is 4.74 Å². The largest absolute Gasteiger partial charge is 0.464 e. The Morgan fingerprint density at radius 3 is 2.62 bits per heavy atom. The van der Waals surface area contributed by atoms with Gasteiger partial charge in [0, 0.05) is 11.6 Å². The number of carbonyl (C=O) groups excluding carboxylic acids is 2. The highest BCUT2D eigenvalue weighted by Crippen LogP contribution is 2.24. The van der Waals surface area contributed by atoms with Crippen molar-refractivity contribution in [3.8, 4) is 0 Å². The molecule has 21 heavy (non-hydrogen) atoms.